The normalized spacial score (nSPS) is 11.6. The van der Waals surface area contributed by atoms with Gasteiger partial charge in [0.25, 0.3) is 5.56 Å². The molecule has 3 N–H and O–H groups in total. The van der Waals surface area contributed by atoms with Gasteiger partial charge in [0.05, 0.1) is 18.7 Å². The predicted octanol–water partition coefficient (Wildman–Crippen LogP) is 0.495. The molecule has 0 spiro atoms. The maximum absolute atomic E-state index is 12.9. The van der Waals surface area contributed by atoms with Crippen LogP contribution < -0.4 is 11.2 Å². The molecule has 0 aliphatic rings. The molecule has 0 saturated heterocycles. The number of hydrogen-bond donors (Lipinski definition) is 3. The molecule has 8 nitrogen and oxygen atoms in total. The first-order chi connectivity index (χ1) is 10.8. The van der Waals surface area contributed by atoms with Gasteiger partial charge < -0.3 is 14.5 Å². The van der Waals surface area contributed by atoms with E-state index in [1.807, 2.05) is 0 Å². The number of H-pyrrole nitrogens is 1. The zero-order valence-electron chi connectivity index (χ0n) is 11.8. The number of rotatable bonds is 6. The Labute approximate surface area is 129 Å². The Balaban J connectivity index is 2.20. The lowest BCUT2D eigenvalue weighted by atomic mass is 10.1. The minimum Gasteiger partial charge on any atom is -0.367 e. The summed E-state index contributed by atoms with van der Waals surface area (Å²) in [4.78, 5) is 43.0. The van der Waals surface area contributed by atoms with Crippen LogP contribution in [0.1, 0.15) is 0 Å². The molecule has 2 aromatic rings. The Morgan fingerprint density at radius 2 is 1.87 bits per heavy atom. The lowest BCUT2D eigenvalue weighted by Crippen LogP contribution is -2.31. The average Bonchev–Trinajstić information content (AvgIpc) is 2.45. The summed E-state index contributed by atoms with van der Waals surface area (Å²) >= 11 is 0. The maximum Gasteiger partial charge on any atom is 0.350 e. The number of hydrogen-bond acceptors (Lipinski definition) is 4. The number of nitrogens with zero attached hydrogens (tertiary/aromatic N) is 1. The van der Waals surface area contributed by atoms with Gasteiger partial charge in [0, 0.05) is 6.20 Å². The third-order valence-electron chi connectivity index (χ3n) is 2.90. The summed E-state index contributed by atoms with van der Waals surface area (Å²) in [6.45, 7) is -0.135. The molecule has 124 valence electrons. The molecule has 1 aromatic carbocycles. The fourth-order valence-electron chi connectivity index (χ4n) is 1.86. The molecule has 2 rings (SSSR count). The van der Waals surface area contributed by atoms with Crippen molar-refractivity contribution < 1.29 is 23.5 Å². The van der Waals surface area contributed by atoms with Gasteiger partial charge in [-0.2, -0.15) is 0 Å². The van der Waals surface area contributed by atoms with Crippen molar-refractivity contribution >= 4 is 7.60 Å². The third-order valence-corrected chi connectivity index (χ3v) is 3.42. The Morgan fingerprint density at radius 3 is 2.48 bits per heavy atom. The topological polar surface area (TPSA) is 122 Å². The first-order valence-corrected chi connectivity index (χ1v) is 8.28. The molecule has 10 heteroatoms. The molecule has 0 atom stereocenters. The van der Waals surface area contributed by atoms with Crippen LogP contribution in [0.2, 0.25) is 0 Å². The average molecular weight is 344 g/mol. The summed E-state index contributed by atoms with van der Waals surface area (Å²) in [6, 6.07) is 5.18. The van der Waals surface area contributed by atoms with E-state index in [4.69, 9.17) is 14.5 Å². The molecule has 23 heavy (non-hydrogen) atoms. The summed E-state index contributed by atoms with van der Waals surface area (Å²) in [5.74, 6) is -0.454. The van der Waals surface area contributed by atoms with Crippen molar-refractivity contribution in [3.8, 4) is 11.1 Å². The molecular weight excluding hydrogens is 330 g/mol. The van der Waals surface area contributed by atoms with Crippen LogP contribution >= 0.6 is 7.60 Å². The first kappa shape index (κ1) is 17.3. The molecule has 0 aliphatic heterocycles. The van der Waals surface area contributed by atoms with Gasteiger partial charge in [0.15, 0.2) is 0 Å². The molecule has 0 aliphatic carbocycles. The molecule has 0 unspecified atom stereocenters. The summed E-state index contributed by atoms with van der Waals surface area (Å²) < 4.78 is 29.5. The zero-order chi connectivity index (χ0) is 17.0. The minimum absolute atomic E-state index is 0.0101. The van der Waals surface area contributed by atoms with E-state index in [9.17, 15) is 18.5 Å². The third kappa shape index (κ3) is 4.97. The Bertz CT molecular complexity index is 839. The van der Waals surface area contributed by atoms with Crippen molar-refractivity contribution in [1.29, 1.82) is 0 Å². The van der Waals surface area contributed by atoms with E-state index in [0.717, 1.165) is 4.57 Å². The second-order valence-electron chi connectivity index (χ2n) is 4.70. The second kappa shape index (κ2) is 7.01. The van der Waals surface area contributed by atoms with Gasteiger partial charge >= 0.3 is 13.3 Å². The predicted molar refractivity (Wildman–Crippen MR) is 79.6 cm³/mol. The molecule has 0 amide bonds. The highest BCUT2D eigenvalue weighted by molar-refractivity contribution is 7.51. The van der Waals surface area contributed by atoms with Crippen LogP contribution in [-0.4, -0.2) is 32.3 Å². The van der Waals surface area contributed by atoms with E-state index in [1.54, 1.807) is 0 Å². The molecule has 0 bridgehead atoms. The van der Waals surface area contributed by atoms with Gasteiger partial charge in [-0.3, -0.25) is 18.9 Å². The highest BCUT2D eigenvalue weighted by atomic mass is 31.2. The van der Waals surface area contributed by atoms with Gasteiger partial charge in [0.2, 0.25) is 0 Å². The van der Waals surface area contributed by atoms with Crippen molar-refractivity contribution in [3.05, 3.63) is 57.1 Å². The Kier molecular flexibility index (Phi) is 5.27. The molecule has 1 aromatic heterocycles. The van der Waals surface area contributed by atoms with E-state index in [0.29, 0.717) is 5.56 Å². The number of halogens is 1. The first-order valence-electron chi connectivity index (χ1n) is 6.48. The van der Waals surface area contributed by atoms with E-state index in [1.165, 1.54) is 30.5 Å². The van der Waals surface area contributed by atoms with E-state index in [2.05, 4.69) is 4.98 Å². The number of nitrogens with one attached hydrogen (secondary N) is 1. The number of aromatic nitrogens is 2. The van der Waals surface area contributed by atoms with Gasteiger partial charge in [-0.15, -0.1) is 0 Å². The summed E-state index contributed by atoms with van der Waals surface area (Å²) in [7, 11) is -4.27. The highest BCUT2D eigenvalue weighted by Crippen LogP contribution is 2.33. The van der Waals surface area contributed by atoms with Crippen LogP contribution in [0.4, 0.5) is 4.39 Å². The van der Waals surface area contributed by atoms with Crippen LogP contribution in [0.5, 0.6) is 0 Å². The number of benzene rings is 1. The van der Waals surface area contributed by atoms with Gasteiger partial charge in [-0.1, -0.05) is 12.1 Å². The van der Waals surface area contributed by atoms with Crippen molar-refractivity contribution in [1.82, 2.24) is 9.55 Å². The Hall–Kier alpha value is -2.06. The minimum atomic E-state index is -4.27. The quantitative estimate of drug-likeness (QED) is 0.518. The monoisotopic (exact) mass is 344 g/mol. The van der Waals surface area contributed by atoms with Gasteiger partial charge in [-0.25, -0.2) is 9.18 Å². The lowest BCUT2D eigenvalue weighted by Gasteiger charge is -2.09. The summed E-state index contributed by atoms with van der Waals surface area (Å²) in [5, 5.41) is 0. The molecule has 0 saturated carbocycles. The maximum atomic E-state index is 12.9. The van der Waals surface area contributed by atoms with Crippen molar-refractivity contribution in [2.75, 3.05) is 13.0 Å². The second-order valence-corrected chi connectivity index (χ2v) is 6.29. The van der Waals surface area contributed by atoms with E-state index >= 15 is 0 Å². The Morgan fingerprint density at radius 1 is 1.22 bits per heavy atom. The largest absolute Gasteiger partial charge is 0.367 e. The molecule has 0 fully saturated rings. The van der Waals surface area contributed by atoms with Gasteiger partial charge in [-0.05, 0) is 17.7 Å². The van der Waals surface area contributed by atoms with Crippen molar-refractivity contribution in [2.45, 2.75) is 6.54 Å². The van der Waals surface area contributed by atoms with Crippen LogP contribution in [0, 0.1) is 5.82 Å². The SMILES string of the molecule is O=c1[nH]c(=O)n(CCOCP(=O)(O)O)cc1-c1ccc(F)cc1. The molecular formula is C13H14FN2O6P. The van der Waals surface area contributed by atoms with Crippen LogP contribution in [0.25, 0.3) is 11.1 Å². The summed E-state index contributed by atoms with van der Waals surface area (Å²) in [6.07, 6.45) is 0.533. The van der Waals surface area contributed by atoms with E-state index in [-0.39, 0.29) is 18.7 Å². The highest BCUT2D eigenvalue weighted by Gasteiger charge is 2.13. The van der Waals surface area contributed by atoms with Crippen LogP contribution in [-0.2, 0) is 15.8 Å². The van der Waals surface area contributed by atoms with E-state index < -0.39 is 31.0 Å². The number of ether oxygens (including phenoxy) is 1. The van der Waals surface area contributed by atoms with Crippen molar-refractivity contribution in [3.63, 3.8) is 0 Å². The van der Waals surface area contributed by atoms with Crippen molar-refractivity contribution in [2.24, 2.45) is 0 Å². The van der Waals surface area contributed by atoms with Gasteiger partial charge in [0.1, 0.15) is 12.2 Å². The lowest BCUT2D eigenvalue weighted by molar-refractivity contribution is 0.147. The summed E-state index contributed by atoms with van der Waals surface area (Å²) in [5.41, 5.74) is -0.702. The smallest absolute Gasteiger partial charge is 0.350 e. The number of aromatic amines is 1. The fourth-order valence-corrected chi connectivity index (χ4v) is 2.22. The molecule has 1 heterocycles. The fraction of sp³-hybridized carbons (Fsp3) is 0.231. The standard InChI is InChI=1S/C13H14FN2O6P/c14-10-3-1-9(2-4-10)11-7-16(13(18)15-12(11)17)5-6-22-8-23(19,20)21/h1-4,7H,5-6,8H2,(H,15,17,18)(H2,19,20,21). The zero-order valence-corrected chi connectivity index (χ0v) is 12.7. The molecule has 0 radical (unpaired) electrons. The van der Waals surface area contributed by atoms with Crippen LogP contribution in [0.3, 0.4) is 0 Å². The van der Waals surface area contributed by atoms with Crippen LogP contribution in [0.15, 0.2) is 40.1 Å².